The number of halogens is 3. The smallest absolute Gasteiger partial charge is 0.309 e. The van der Waals surface area contributed by atoms with Crippen LogP contribution < -0.4 is 4.72 Å². The minimum atomic E-state index is -4.08. The van der Waals surface area contributed by atoms with Gasteiger partial charge in [-0.1, -0.05) is 72.6 Å². The van der Waals surface area contributed by atoms with Gasteiger partial charge in [0, 0.05) is 28.2 Å². The maximum atomic E-state index is 14.7. The number of hydrogen-bond donors (Lipinski definition) is 2. The molecule has 8 nitrogen and oxygen atoms in total. The van der Waals surface area contributed by atoms with Crippen LogP contribution in [0.5, 0.6) is 0 Å². The number of nitrogens with one attached hydrogen (secondary N) is 1. The lowest BCUT2D eigenvalue weighted by Crippen LogP contribution is -2.59. The Kier molecular flexibility index (Phi) is 9.39. The lowest BCUT2D eigenvalue weighted by molar-refractivity contribution is -0.190. The number of carboxylic acids is 1. The average Bonchev–Trinajstić information content (AvgIpc) is 3.81. The second kappa shape index (κ2) is 12.8. The highest BCUT2D eigenvalue weighted by atomic mass is 35.5. The average molecular weight is 664 g/mol. The van der Waals surface area contributed by atoms with Crippen molar-refractivity contribution in [2.75, 3.05) is 6.54 Å². The number of nitrogens with zero attached hydrogens (tertiary/aromatic N) is 1. The first-order chi connectivity index (χ1) is 20.9. The molecule has 0 unspecified atom stereocenters. The number of hydrogen-bond acceptors (Lipinski definition) is 5. The number of rotatable bonds is 11. The van der Waals surface area contributed by atoms with Gasteiger partial charge >= 0.3 is 5.97 Å². The number of carbonyl (C=O) groups excluding carboxylic acids is 1. The number of ether oxygens (including phenoxy) is 1. The van der Waals surface area contributed by atoms with E-state index in [0.29, 0.717) is 27.6 Å². The van der Waals surface area contributed by atoms with Crippen LogP contribution in [0.4, 0.5) is 4.39 Å². The van der Waals surface area contributed by atoms with Crippen molar-refractivity contribution in [3.63, 3.8) is 0 Å². The molecule has 234 valence electrons. The zero-order valence-corrected chi connectivity index (χ0v) is 26.4. The van der Waals surface area contributed by atoms with Crippen molar-refractivity contribution in [3.05, 3.63) is 105 Å². The van der Waals surface area contributed by atoms with Gasteiger partial charge in [-0.3, -0.25) is 9.59 Å². The summed E-state index contributed by atoms with van der Waals surface area (Å²) in [7, 11) is -4.08. The molecule has 2 aliphatic rings. The molecule has 0 spiro atoms. The number of sulfonamides is 1. The molecule has 1 amide bonds. The second-order valence-corrected chi connectivity index (χ2v) is 14.2. The SMILES string of the molecule is CC[C@@H](CNS(=O)(=O)C1(c2ccccc2F)CC1)N1C(=O)[C@H]([C@@H](C)C(=O)O)O[C@H](c2cccc(Cl)c2)[C@H]1c1ccc(Cl)cc1. The first-order valence-corrected chi connectivity index (χ1v) is 16.6. The van der Waals surface area contributed by atoms with E-state index in [1.807, 2.05) is 6.92 Å². The van der Waals surface area contributed by atoms with Crippen LogP contribution in [0.25, 0.3) is 0 Å². The van der Waals surface area contributed by atoms with Gasteiger partial charge in [-0.05, 0) is 67.6 Å². The maximum absolute atomic E-state index is 14.7. The lowest BCUT2D eigenvalue weighted by atomic mass is 9.88. The molecule has 3 aromatic carbocycles. The van der Waals surface area contributed by atoms with Gasteiger partial charge < -0.3 is 14.7 Å². The molecule has 1 saturated heterocycles. The van der Waals surface area contributed by atoms with Crippen molar-refractivity contribution in [3.8, 4) is 0 Å². The topological polar surface area (TPSA) is 113 Å². The summed E-state index contributed by atoms with van der Waals surface area (Å²) in [5.74, 6) is -3.60. The van der Waals surface area contributed by atoms with Crippen LogP contribution in [0.3, 0.4) is 0 Å². The van der Waals surface area contributed by atoms with E-state index >= 15 is 0 Å². The molecular weight excluding hydrogens is 630 g/mol. The number of amides is 1. The third-order valence-corrected chi connectivity index (χ3v) is 11.3. The van der Waals surface area contributed by atoms with E-state index in [-0.39, 0.29) is 24.9 Å². The summed E-state index contributed by atoms with van der Waals surface area (Å²) in [6.07, 6.45) is -1.36. The molecule has 1 saturated carbocycles. The quantitative estimate of drug-likeness (QED) is 0.251. The number of carboxylic acid groups (broad SMARTS) is 1. The van der Waals surface area contributed by atoms with Crippen LogP contribution in [0, 0.1) is 11.7 Å². The number of carbonyl (C=O) groups is 2. The molecule has 2 fully saturated rings. The van der Waals surface area contributed by atoms with Gasteiger partial charge in [-0.2, -0.15) is 0 Å². The van der Waals surface area contributed by atoms with Crippen molar-refractivity contribution in [1.82, 2.24) is 9.62 Å². The molecule has 0 radical (unpaired) electrons. The Morgan fingerprint density at radius 1 is 1.07 bits per heavy atom. The van der Waals surface area contributed by atoms with Gasteiger partial charge in [0.2, 0.25) is 10.0 Å². The second-order valence-electron chi connectivity index (χ2n) is 11.3. The Bertz CT molecular complexity index is 1650. The molecule has 0 aromatic heterocycles. The Labute approximate surface area is 266 Å². The fraction of sp³-hybridized carbons (Fsp3) is 0.375. The van der Waals surface area contributed by atoms with Crippen molar-refractivity contribution in [2.45, 2.75) is 62.1 Å². The largest absolute Gasteiger partial charge is 0.481 e. The Hall–Kier alpha value is -3.02. The van der Waals surface area contributed by atoms with Gasteiger partial charge in [0.05, 0.1) is 12.0 Å². The van der Waals surface area contributed by atoms with E-state index in [1.165, 1.54) is 30.0 Å². The Balaban J connectivity index is 1.56. The summed E-state index contributed by atoms with van der Waals surface area (Å²) in [5.41, 5.74) is 1.38. The van der Waals surface area contributed by atoms with E-state index in [0.717, 1.165) is 0 Å². The van der Waals surface area contributed by atoms with E-state index < -0.39 is 62.7 Å². The zero-order valence-electron chi connectivity index (χ0n) is 24.1. The number of morpholine rings is 1. The molecule has 12 heteroatoms. The molecular formula is C32H33Cl2FN2O6S. The molecule has 2 N–H and O–H groups in total. The maximum Gasteiger partial charge on any atom is 0.309 e. The van der Waals surface area contributed by atoms with Crippen LogP contribution in [0.1, 0.15) is 61.9 Å². The van der Waals surface area contributed by atoms with E-state index in [1.54, 1.807) is 54.6 Å². The van der Waals surface area contributed by atoms with Gasteiger partial charge in [0.25, 0.3) is 5.91 Å². The standard InChI is InChI=1S/C32H33Cl2FN2O6S/c1-3-24(18-36-44(41,42)32(15-16-32)25-9-4-5-10-26(25)35)37-27(20-11-13-22(33)14-12-20)29(21-7-6-8-23(34)17-21)43-28(30(37)38)19(2)31(39)40/h4-14,17,19,24,27-29,36H,3,15-16,18H2,1-2H3,(H,39,40)/t19-,24+,27-,28+,29-/m1/s1. The van der Waals surface area contributed by atoms with Gasteiger partial charge in [-0.15, -0.1) is 0 Å². The predicted octanol–water partition coefficient (Wildman–Crippen LogP) is 6.25. The fourth-order valence-corrected chi connectivity index (χ4v) is 8.05. The summed E-state index contributed by atoms with van der Waals surface area (Å²) in [6.45, 7) is 3.03. The molecule has 0 bridgehead atoms. The highest BCUT2D eigenvalue weighted by Crippen LogP contribution is 2.53. The highest BCUT2D eigenvalue weighted by Gasteiger charge is 2.57. The van der Waals surface area contributed by atoms with Gasteiger partial charge in [-0.25, -0.2) is 17.5 Å². The minimum Gasteiger partial charge on any atom is -0.481 e. The Morgan fingerprint density at radius 3 is 2.34 bits per heavy atom. The number of aliphatic carboxylic acids is 1. The van der Waals surface area contributed by atoms with Crippen molar-refractivity contribution in [2.24, 2.45) is 5.92 Å². The summed E-state index contributed by atoms with van der Waals surface area (Å²) in [4.78, 5) is 27.9. The normalized spacial score (nSPS) is 22.8. The van der Waals surface area contributed by atoms with Crippen LogP contribution in [-0.4, -0.2) is 49.0 Å². The molecule has 5 atom stereocenters. The van der Waals surface area contributed by atoms with Crippen LogP contribution in [0.2, 0.25) is 10.0 Å². The first-order valence-electron chi connectivity index (χ1n) is 14.4. The first kappa shape index (κ1) is 32.4. The van der Waals surface area contributed by atoms with E-state index in [2.05, 4.69) is 4.72 Å². The molecule has 5 rings (SSSR count). The summed E-state index contributed by atoms with van der Waals surface area (Å²) < 4.78 is 49.8. The van der Waals surface area contributed by atoms with Crippen LogP contribution >= 0.6 is 23.2 Å². The van der Waals surface area contributed by atoms with Crippen molar-refractivity contribution < 1.29 is 32.2 Å². The minimum absolute atomic E-state index is 0.110. The molecule has 3 aromatic rings. The van der Waals surface area contributed by atoms with Crippen molar-refractivity contribution in [1.29, 1.82) is 0 Å². The van der Waals surface area contributed by atoms with E-state index in [9.17, 15) is 27.5 Å². The fourth-order valence-electron chi connectivity index (χ4n) is 5.94. The summed E-state index contributed by atoms with van der Waals surface area (Å²) in [5, 5.41) is 10.8. The van der Waals surface area contributed by atoms with E-state index in [4.69, 9.17) is 27.9 Å². The monoisotopic (exact) mass is 662 g/mol. The van der Waals surface area contributed by atoms with Gasteiger partial charge in [0.1, 0.15) is 22.8 Å². The van der Waals surface area contributed by atoms with Gasteiger partial charge in [0.15, 0.2) is 0 Å². The summed E-state index contributed by atoms with van der Waals surface area (Å²) in [6, 6.07) is 18.1. The van der Waals surface area contributed by atoms with Crippen LogP contribution in [0.15, 0.2) is 72.8 Å². The Morgan fingerprint density at radius 2 is 1.75 bits per heavy atom. The lowest BCUT2D eigenvalue weighted by Gasteiger charge is -2.49. The predicted molar refractivity (Wildman–Crippen MR) is 165 cm³/mol. The number of benzene rings is 3. The summed E-state index contributed by atoms with van der Waals surface area (Å²) >= 11 is 12.5. The highest BCUT2D eigenvalue weighted by molar-refractivity contribution is 7.90. The van der Waals surface area contributed by atoms with Crippen LogP contribution in [-0.2, 0) is 29.1 Å². The molecule has 1 aliphatic carbocycles. The third-order valence-electron chi connectivity index (χ3n) is 8.57. The van der Waals surface area contributed by atoms with Crippen molar-refractivity contribution >= 4 is 45.1 Å². The molecule has 44 heavy (non-hydrogen) atoms. The molecule has 1 heterocycles. The third kappa shape index (κ3) is 6.10. The molecule has 1 aliphatic heterocycles. The zero-order chi connectivity index (χ0) is 31.8.